The standard InChI is InChI=1S/C34H47N5O14/c1-7-46-33(44)36-39(34(45)47-8-2)28-25(23-12-10-9-11-13-23)14-15-26(28)38-16-24(35-37-38)17-49-32-31(52-22(6)43)30(51-21(5)42)29(50-20(4)41)27(53-32)18-48-19(3)40/h14-16,26-32H,7-13,17-18H2,1-6H3,(H,36,44)/t26-,27-,28-,29-,30+,31-,32-/m1/s1. The van der Waals surface area contributed by atoms with Crippen molar-refractivity contribution in [3.63, 3.8) is 0 Å². The van der Waals surface area contributed by atoms with E-state index in [0.29, 0.717) is 0 Å². The first-order valence-electron chi connectivity index (χ1n) is 17.4. The molecule has 0 unspecified atom stereocenters. The summed E-state index contributed by atoms with van der Waals surface area (Å²) in [6.07, 6.45) is 1.58. The molecule has 2 heterocycles. The number of esters is 4. The van der Waals surface area contributed by atoms with Crippen LogP contribution >= 0.6 is 0 Å². The molecule has 7 atom stereocenters. The Hall–Kier alpha value is -5.04. The molecule has 0 aromatic carbocycles. The molecule has 1 saturated heterocycles. The Kier molecular flexibility index (Phi) is 14.7. The van der Waals surface area contributed by atoms with Gasteiger partial charge in [-0.15, -0.1) is 5.10 Å². The molecule has 2 amide bonds. The van der Waals surface area contributed by atoms with Gasteiger partial charge in [0.15, 0.2) is 24.6 Å². The Morgan fingerprint density at radius 1 is 0.849 bits per heavy atom. The summed E-state index contributed by atoms with van der Waals surface area (Å²) in [4.78, 5) is 74.0. The third-order valence-corrected chi connectivity index (χ3v) is 8.42. The first-order chi connectivity index (χ1) is 25.3. The molecule has 4 rings (SSSR count). The minimum absolute atomic E-state index is 0.0562. The Balaban J connectivity index is 1.64. The molecule has 1 saturated carbocycles. The van der Waals surface area contributed by atoms with Gasteiger partial charge in [0, 0.05) is 27.7 Å². The molecule has 19 nitrogen and oxygen atoms in total. The smallest absolute Gasteiger partial charge is 0.429 e. The third kappa shape index (κ3) is 11.0. The molecule has 1 aromatic heterocycles. The fourth-order valence-corrected chi connectivity index (χ4v) is 6.41. The molecule has 292 valence electrons. The highest BCUT2D eigenvalue weighted by molar-refractivity contribution is 5.75. The van der Waals surface area contributed by atoms with Crippen molar-refractivity contribution in [2.75, 3.05) is 19.8 Å². The summed E-state index contributed by atoms with van der Waals surface area (Å²) in [6, 6.07) is -1.43. The van der Waals surface area contributed by atoms with Crippen LogP contribution in [0.1, 0.15) is 85.4 Å². The molecule has 19 heteroatoms. The molecule has 1 N–H and O–H groups in total. The first-order valence-corrected chi connectivity index (χ1v) is 17.4. The lowest BCUT2D eigenvalue weighted by Crippen LogP contribution is -2.62. The van der Waals surface area contributed by atoms with Crippen LogP contribution in [0, 0.1) is 0 Å². The van der Waals surface area contributed by atoms with E-state index in [4.69, 9.17) is 37.9 Å². The fourth-order valence-electron chi connectivity index (χ4n) is 6.41. The zero-order valence-corrected chi connectivity index (χ0v) is 30.6. The van der Waals surface area contributed by atoms with Gasteiger partial charge in [-0.25, -0.2) is 24.7 Å². The Labute approximate surface area is 306 Å². The first kappa shape index (κ1) is 40.7. The molecule has 0 bridgehead atoms. The van der Waals surface area contributed by atoms with Gasteiger partial charge in [0.05, 0.1) is 32.1 Å². The second-order valence-corrected chi connectivity index (χ2v) is 12.4. The predicted octanol–water partition coefficient (Wildman–Crippen LogP) is 2.74. The predicted molar refractivity (Wildman–Crippen MR) is 178 cm³/mol. The molecule has 3 aliphatic rings. The highest BCUT2D eigenvalue weighted by Crippen LogP contribution is 2.38. The largest absolute Gasteiger partial charge is 0.463 e. The van der Waals surface area contributed by atoms with Crippen molar-refractivity contribution < 1.29 is 66.7 Å². The van der Waals surface area contributed by atoms with Gasteiger partial charge >= 0.3 is 36.1 Å². The van der Waals surface area contributed by atoms with Crippen LogP contribution in [0.5, 0.6) is 0 Å². The van der Waals surface area contributed by atoms with Crippen molar-refractivity contribution >= 4 is 36.1 Å². The quantitative estimate of drug-likeness (QED) is 0.184. The van der Waals surface area contributed by atoms with Crippen LogP contribution in [0.2, 0.25) is 0 Å². The molecule has 53 heavy (non-hydrogen) atoms. The fraction of sp³-hybridized carbons (Fsp3) is 0.647. The molecular formula is C34H47N5O14. The maximum Gasteiger partial charge on any atom is 0.429 e. The normalized spacial score (nSPS) is 25.2. The zero-order chi connectivity index (χ0) is 38.7. The molecular weight excluding hydrogens is 702 g/mol. The van der Waals surface area contributed by atoms with Crippen LogP contribution in [0.15, 0.2) is 29.5 Å². The van der Waals surface area contributed by atoms with Crippen molar-refractivity contribution in [3.05, 3.63) is 35.2 Å². The van der Waals surface area contributed by atoms with E-state index in [1.807, 2.05) is 12.2 Å². The van der Waals surface area contributed by atoms with E-state index in [1.54, 1.807) is 20.0 Å². The maximum absolute atomic E-state index is 13.3. The monoisotopic (exact) mass is 749 g/mol. The van der Waals surface area contributed by atoms with Gasteiger partial charge in [-0.2, -0.15) is 0 Å². The van der Waals surface area contributed by atoms with Gasteiger partial charge in [-0.3, -0.25) is 19.2 Å². The maximum atomic E-state index is 13.3. The minimum Gasteiger partial charge on any atom is -0.463 e. The van der Waals surface area contributed by atoms with Crippen LogP contribution < -0.4 is 5.43 Å². The topological polar surface area (TPSA) is 222 Å². The number of nitrogens with zero attached hydrogens (tertiary/aromatic N) is 4. The number of allylic oxidation sites excluding steroid dienone is 1. The van der Waals surface area contributed by atoms with Gasteiger partial charge in [0.2, 0.25) is 0 Å². The van der Waals surface area contributed by atoms with Crippen molar-refractivity contribution in [2.45, 2.75) is 123 Å². The summed E-state index contributed by atoms with van der Waals surface area (Å²) >= 11 is 0. The number of hydrazine groups is 1. The Morgan fingerprint density at radius 2 is 1.49 bits per heavy atom. The number of carbonyl (C=O) groups excluding carboxylic acids is 6. The molecule has 0 spiro atoms. The Bertz CT molecular complexity index is 1550. The van der Waals surface area contributed by atoms with Crippen molar-refractivity contribution in [1.29, 1.82) is 0 Å². The van der Waals surface area contributed by atoms with E-state index in [2.05, 4.69) is 15.7 Å². The number of aromatic nitrogens is 3. The van der Waals surface area contributed by atoms with E-state index in [0.717, 1.165) is 69.0 Å². The number of amides is 2. The average molecular weight is 750 g/mol. The van der Waals surface area contributed by atoms with Gasteiger partial charge in [0.25, 0.3) is 0 Å². The lowest BCUT2D eigenvalue weighted by molar-refractivity contribution is -0.310. The zero-order valence-electron chi connectivity index (χ0n) is 30.6. The van der Waals surface area contributed by atoms with Gasteiger partial charge < -0.3 is 37.9 Å². The van der Waals surface area contributed by atoms with Crippen molar-refractivity contribution in [1.82, 2.24) is 25.4 Å². The average Bonchev–Trinajstić information content (AvgIpc) is 3.75. The van der Waals surface area contributed by atoms with E-state index < -0.39 is 85.5 Å². The Morgan fingerprint density at radius 3 is 2.11 bits per heavy atom. The second kappa shape index (κ2) is 19.2. The molecule has 1 aliphatic heterocycles. The highest BCUT2D eigenvalue weighted by Gasteiger charge is 2.53. The summed E-state index contributed by atoms with van der Waals surface area (Å²) in [5, 5.41) is 9.65. The number of rotatable bonds is 12. The number of carbonyl (C=O) groups is 6. The summed E-state index contributed by atoms with van der Waals surface area (Å²) in [5.74, 6) is -2.98. The van der Waals surface area contributed by atoms with Crippen LogP contribution in [-0.2, 0) is 63.7 Å². The molecule has 2 aliphatic carbocycles. The summed E-state index contributed by atoms with van der Waals surface area (Å²) in [6.45, 7) is 7.26. The molecule has 2 fully saturated rings. The van der Waals surface area contributed by atoms with Gasteiger partial charge in [-0.05, 0) is 45.1 Å². The van der Waals surface area contributed by atoms with E-state index in [1.165, 1.54) is 11.6 Å². The second-order valence-electron chi connectivity index (χ2n) is 12.4. The summed E-state index contributed by atoms with van der Waals surface area (Å²) < 4.78 is 45.4. The van der Waals surface area contributed by atoms with Gasteiger partial charge in [-0.1, -0.05) is 29.4 Å². The lowest BCUT2D eigenvalue weighted by atomic mass is 9.88. The highest BCUT2D eigenvalue weighted by atomic mass is 16.7. The third-order valence-electron chi connectivity index (χ3n) is 8.42. The SMILES string of the molecule is CCOC(=O)NN(C(=O)OCC)[C@@H]1C(=C2CCCCC2)C=C[C@H]1n1cc(CO[C@@H]2O[C@H](COC(C)=O)[C@@H](OC(C)=O)[C@H](OC(C)=O)[C@H]2OC(C)=O)nn1. The van der Waals surface area contributed by atoms with E-state index >= 15 is 0 Å². The summed E-state index contributed by atoms with van der Waals surface area (Å²) in [5.41, 5.74) is 4.80. The van der Waals surface area contributed by atoms with Crippen molar-refractivity contribution in [3.8, 4) is 0 Å². The van der Waals surface area contributed by atoms with Crippen LogP contribution in [0.25, 0.3) is 0 Å². The van der Waals surface area contributed by atoms with Crippen LogP contribution in [0.4, 0.5) is 9.59 Å². The molecule has 1 aromatic rings. The van der Waals surface area contributed by atoms with E-state index in [9.17, 15) is 28.8 Å². The van der Waals surface area contributed by atoms with Crippen molar-refractivity contribution in [2.24, 2.45) is 0 Å². The molecule has 0 radical (unpaired) electrons. The van der Waals surface area contributed by atoms with Crippen LogP contribution in [-0.4, -0.2) is 113 Å². The minimum atomic E-state index is -1.43. The van der Waals surface area contributed by atoms with E-state index in [-0.39, 0.29) is 25.5 Å². The number of hydrogen-bond acceptors (Lipinski definition) is 16. The number of hydrogen-bond donors (Lipinski definition) is 1. The lowest BCUT2D eigenvalue weighted by Gasteiger charge is -2.43. The number of nitrogens with one attached hydrogen (secondary N) is 1. The van der Waals surface area contributed by atoms with Crippen LogP contribution in [0.3, 0.4) is 0 Å². The summed E-state index contributed by atoms with van der Waals surface area (Å²) in [7, 11) is 0. The number of ether oxygens (including phenoxy) is 8. The van der Waals surface area contributed by atoms with Gasteiger partial charge in [0.1, 0.15) is 24.4 Å².